The fraction of sp³-hybridized carbons (Fsp3) is 0.308. The minimum absolute atomic E-state index is 0.0156. The molecule has 0 radical (unpaired) electrons. The minimum atomic E-state index is -0.354. The van der Waals surface area contributed by atoms with Gasteiger partial charge in [-0.15, -0.1) is 20.4 Å². The average Bonchev–Trinajstić information content (AvgIpc) is 3.84. The molecule has 42 heavy (non-hydrogen) atoms. The monoisotopic (exact) mass is 570 g/mol. The topological polar surface area (TPSA) is 208 Å². The van der Waals surface area contributed by atoms with Gasteiger partial charge in [0.25, 0.3) is 23.5 Å². The van der Waals surface area contributed by atoms with E-state index in [1.807, 2.05) is 48.5 Å². The first kappa shape index (κ1) is 26.7. The zero-order chi connectivity index (χ0) is 29.1. The van der Waals surface area contributed by atoms with Crippen LogP contribution in [0.3, 0.4) is 0 Å². The van der Waals surface area contributed by atoms with Crippen LogP contribution in [0.15, 0.2) is 48.5 Å². The maximum Gasteiger partial charge on any atom is 0.295 e. The van der Waals surface area contributed by atoms with Crippen molar-refractivity contribution in [2.45, 2.75) is 12.8 Å². The van der Waals surface area contributed by atoms with Crippen LogP contribution in [0.1, 0.15) is 34.1 Å². The van der Waals surface area contributed by atoms with Crippen LogP contribution in [-0.2, 0) is 9.59 Å². The first-order chi connectivity index (χ1) is 20.4. The van der Waals surface area contributed by atoms with Crippen molar-refractivity contribution in [1.82, 2.24) is 51.0 Å². The largest absolute Gasteiger partial charge is 0.335 e. The van der Waals surface area contributed by atoms with Crippen LogP contribution in [0.5, 0.6) is 0 Å². The summed E-state index contributed by atoms with van der Waals surface area (Å²) in [5, 5.41) is 32.0. The van der Waals surface area contributed by atoms with Crippen LogP contribution in [0.2, 0.25) is 0 Å². The standard InChI is InChI=1S/C26H26N12O4/c39-23(17-9-11-37(13-17)25(41)21-29-33-34-30-21)27-19-5-1-15(2-6-19)16-3-7-20(8-4-16)28-24(40)18-10-12-38(14-18)26(42)22-31-35-36-32-22/h1-8,17-18H,9-14H2,(H,27,39)(H,28,40)(H,29,30,33,34)(H,31,32,35,36)/t17-,18+. The fourth-order valence-electron chi connectivity index (χ4n) is 5.09. The number of H-pyrrole nitrogens is 2. The molecule has 4 heterocycles. The summed E-state index contributed by atoms with van der Waals surface area (Å²) in [5.41, 5.74) is 3.18. The molecule has 4 N–H and O–H groups in total. The summed E-state index contributed by atoms with van der Waals surface area (Å²) in [4.78, 5) is 53.4. The van der Waals surface area contributed by atoms with Crippen molar-refractivity contribution in [2.24, 2.45) is 11.8 Å². The highest BCUT2D eigenvalue weighted by atomic mass is 16.2. The molecular weight excluding hydrogens is 544 g/mol. The van der Waals surface area contributed by atoms with Crippen molar-refractivity contribution < 1.29 is 19.2 Å². The van der Waals surface area contributed by atoms with Gasteiger partial charge in [0.05, 0.1) is 11.8 Å². The van der Waals surface area contributed by atoms with Gasteiger partial charge < -0.3 is 20.4 Å². The third-order valence-corrected chi connectivity index (χ3v) is 7.40. The second kappa shape index (κ2) is 11.5. The molecule has 214 valence electrons. The van der Waals surface area contributed by atoms with Crippen LogP contribution in [-0.4, -0.2) is 101 Å². The predicted octanol–water partition coefficient (Wildman–Crippen LogP) is 0.581. The second-order valence-corrected chi connectivity index (χ2v) is 10.1. The van der Waals surface area contributed by atoms with Gasteiger partial charge in [-0.1, -0.05) is 24.3 Å². The number of benzene rings is 2. The van der Waals surface area contributed by atoms with Crippen LogP contribution < -0.4 is 10.6 Å². The van der Waals surface area contributed by atoms with E-state index in [0.29, 0.717) is 37.3 Å². The van der Waals surface area contributed by atoms with Crippen LogP contribution >= 0.6 is 0 Å². The van der Waals surface area contributed by atoms with E-state index in [1.54, 1.807) is 9.80 Å². The van der Waals surface area contributed by atoms with E-state index in [-0.39, 0.29) is 60.2 Å². The molecule has 2 aromatic heterocycles. The molecule has 6 rings (SSSR count). The van der Waals surface area contributed by atoms with Gasteiger partial charge in [0.1, 0.15) is 0 Å². The van der Waals surface area contributed by atoms with Gasteiger partial charge >= 0.3 is 0 Å². The third kappa shape index (κ3) is 5.67. The number of nitrogens with one attached hydrogen (secondary N) is 4. The maximum atomic E-state index is 12.8. The van der Waals surface area contributed by atoms with Gasteiger partial charge in [-0.2, -0.15) is 10.4 Å². The summed E-state index contributed by atoms with van der Waals surface area (Å²) >= 11 is 0. The molecule has 0 saturated carbocycles. The molecule has 0 aliphatic carbocycles. The Labute approximate surface area is 238 Å². The third-order valence-electron chi connectivity index (χ3n) is 7.40. The summed E-state index contributed by atoms with van der Waals surface area (Å²) < 4.78 is 0. The zero-order valence-corrected chi connectivity index (χ0v) is 22.2. The number of carbonyl (C=O) groups is 4. The van der Waals surface area contributed by atoms with Crippen molar-refractivity contribution >= 4 is 35.0 Å². The van der Waals surface area contributed by atoms with E-state index in [1.165, 1.54) is 0 Å². The van der Waals surface area contributed by atoms with Gasteiger partial charge in [-0.25, -0.2) is 0 Å². The molecule has 2 saturated heterocycles. The molecular formula is C26H26N12O4. The number of aromatic amines is 2. The number of tetrazole rings is 2. The molecule has 4 amide bonds. The molecule has 2 aromatic carbocycles. The number of likely N-dealkylation sites (tertiary alicyclic amines) is 2. The van der Waals surface area contributed by atoms with E-state index < -0.39 is 0 Å². The highest BCUT2D eigenvalue weighted by molar-refractivity contribution is 5.96. The lowest BCUT2D eigenvalue weighted by atomic mass is 10.0. The smallest absolute Gasteiger partial charge is 0.295 e. The lowest BCUT2D eigenvalue weighted by Gasteiger charge is -2.15. The van der Waals surface area contributed by atoms with Gasteiger partial charge in [-0.3, -0.25) is 19.2 Å². The Morgan fingerprint density at radius 3 is 1.40 bits per heavy atom. The lowest BCUT2D eigenvalue weighted by molar-refractivity contribution is -0.120. The Morgan fingerprint density at radius 2 is 1.05 bits per heavy atom. The summed E-state index contributed by atoms with van der Waals surface area (Å²) in [5.74, 6) is -1.72. The quantitative estimate of drug-likeness (QED) is 0.243. The van der Waals surface area contributed by atoms with Crippen LogP contribution in [0, 0.1) is 11.8 Å². The zero-order valence-electron chi connectivity index (χ0n) is 22.2. The van der Waals surface area contributed by atoms with Gasteiger partial charge in [0.2, 0.25) is 11.8 Å². The summed E-state index contributed by atoms with van der Waals surface area (Å²) in [6.07, 6.45) is 1.10. The number of hydrogen-bond acceptors (Lipinski definition) is 10. The lowest BCUT2D eigenvalue weighted by Crippen LogP contribution is -2.32. The Bertz CT molecular complexity index is 1450. The Hall–Kier alpha value is -5.54. The molecule has 0 spiro atoms. The molecule has 16 heteroatoms. The molecule has 16 nitrogen and oxygen atoms in total. The van der Waals surface area contributed by atoms with Crippen molar-refractivity contribution in [3.8, 4) is 11.1 Å². The van der Waals surface area contributed by atoms with Crippen molar-refractivity contribution in [3.05, 3.63) is 60.2 Å². The highest BCUT2D eigenvalue weighted by Crippen LogP contribution is 2.26. The van der Waals surface area contributed by atoms with Crippen molar-refractivity contribution in [1.29, 1.82) is 0 Å². The van der Waals surface area contributed by atoms with E-state index in [4.69, 9.17) is 0 Å². The van der Waals surface area contributed by atoms with Crippen molar-refractivity contribution in [2.75, 3.05) is 36.8 Å². The normalized spacial score (nSPS) is 18.2. The first-order valence-electron chi connectivity index (χ1n) is 13.3. The van der Waals surface area contributed by atoms with Gasteiger partial charge in [-0.05, 0) is 58.7 Å². The number of rotatable bonds is 7. The first-order valence-corrected chi connectivity index (χ1v) is 13.3. The predicted molar refractivity (Wildman–Crippen MR) is 146 cm³/mol. The molecule has 2 aliphatic rings. The van der Waals surface area contributed by atoms with Gasteiger partial charge in [0.15, 0.2) is 0 Å². The molecule has 0 bridgehead atoms. The number of carbonyl (C=O) groups excluding carboxylic acids is 4. The molecule has 4 aromatic rings. The average molecular weight is 571 g/mol. The number of nitrogens with zero attached hydrogens (tertiary/aromatic N) is 8. The van der Waals surface area contributed by atoms with E-state index >= 15 is 0 Å². The Kier molecular flexibility index (Phi) is 7.32. The van der Waals surface area contributed by atoms with Gasteiger partial charge in [0, 0.05) is 37.6 Å². The van der Waals surface area contributed by atoms with Crippen LogP contribution in [0.25, 0.3) is 11.1 Å². The molecule has 2 fully saturated rings. The summed E-state index contributed by atoms with van der Waals surface area (Å²) in [7, 11) is 0. The number of amides is 4. The van der Waals surface area contributed by atoms with Crippen LogP contribution in [0.4, 0.5) is 11.4 Å². The Balaban J connectivity index is 0.991. The summed E-state index contributed by atoms with van der Waals surface area (Å²) in [6.45, 7) is 1.47. The number of hydrogen-bond donors (Lipinski definition) is 4. The SMILES string of the molecule is O=C(Nc1ccc(-c2ccc(NC(=O)[C@H]3CCN(C(=O)c4nn[nH]n4)C3)cc2)cc1)[C@@H]1CCN(C(=O)c2nn[nH]n2)C1. The van der Waals surface area contributed by atoms with Crippen molar-refractivity contribution in [3.63, 3.8) is 0 Å². The maximum absolute atomic E-state index is 12.8. The van der Waals surface area contributed by atoms with E-state index in [0.717, 1.165) is 11.1 Å². The summed E-state index contributed by atoms with van der Waals surface area (Å²) in [6, 6.07) is 14.9. The fourth-order valence-corrected chi connectivity index (χ4v) is 5.09. The Morgan fingerprint density at radius 1 is 0.643 bits per heavy atom. The number of anilines is 2. The molecule has 0 unspecified atom stereocenters. The molecule has 2 atom stereocenters. The number of aromatic nitrogens is 8. The van der Waals surface area contributed by atoms with E-state index in [2.05, 4.69) is 51.9 Å². The second-order valence-electron chi connectivity index (χ2n) is 10.1. The highest BCUT2D eigenvalue weighted by Gasteiger charge is 2.34. The van der Waals surface area contributed by atoms with E-state index in [9.17, 15) is 19.2 Å². The minimum Gasteiger partial charge on any atom is -0.335 e. The molecule has 2 aliphatic heterocycles.